The lowest BCUT2D eigenvalue weighted by Crippen LogP contribution is -2.41. The van der Waals surface area contributed by atoms with Crippen molar-refractivity contribution in [3.8, 4) is 5.75 Å². The molecule has 2 aromatic carbocycles. The van der Waals surface area contributed by atoms with Gasteiger partial charge in [0.15, 0.2) is 0 Å². The molecule has 2 rings (SSSR count). The van der Waals surface area contributed by atoms with Crippen molar-refractivity contribution < 1.29 is 14.3 Å². The highest BCUT2D eigenvalue weighted by Gasteiger charge is 2.08. The van der Waals surface area contributed by atoms with Crippen LogP contribution in [0.3, 0.4) is 0 Å². The third-order valence-corrected chi connectivity index (χ3v) is 3.69. The smallest absolute Gasteiger partial charge is 0.269 e. The fraction of sp³-hybridized carbons (Fsp3) is 0.222. The normalized spacial score (nSPS) is 10.1. The molecule has 0 unspecified atom stereocenters. The maximum Gasteiger partial charge on any atom is 0.269 e. The van der Waals surface area contributed by atoms with Crippen molar-refractivity contribution in [2.75, 3.05) is 6.61 Å². The van der Waals surface area contributed by atoms with Crippen molar-refractivity contribution in [3.63, 3.8) is 0 Å². The van der Waals surface area contributed by atoms with Gasteiger partial charge in [0.2, 0.25) is 5.91 Å². The molecule has 0 spiro atoms. The van der Waals surface area contributed by atoms with Gasteiger partial charge in [-0.2, -0.15) is 0 Å². The van der Waals surface area contributed by atoms with Crippen molar-refractivity contribution in [3.05, 3.63) is 64.7 Å². The number of ether oxygens (including phenoxy) is 1. The number of rotatable bonds is 6. The van der Waals surface area contributed by atoms with Gasteiger partial charge < -0.3 is 4.74 Å². The standard InChI is InChI=1S/C18H19ClN2O3/c1-2-24-15-10-7-14(8-11-15)18(23)21-20-17(22)12-9-13-5-3-4-6-16(13)19/h3-8,10-11H,2,9,12H2,1H3,(H,20,22)(H,21,23). The summed E-state index contributed by atoms with van der Waals surface area (Å²) in [4.78, 5) is 23.8. The number of carbonyl (C=O) groups excluding carboxylic acids is 2. The van der Waals surface area contributed by atoms with E-state index in [9.17, 15) is 9.59 Å². The molecule has 0 atom stereocenters. The molecule has 0 saturated heterocycles. The van der Waals surface area contributed by atoms with Crippen molar-refractivity contribution in [1.82, 2.24) is 10.9 Å². The molecule has 126 valence electrons. The molecule has 2 N–H and O–H groups in total. The molecule has 0 fully saturated rings. The van der Waals surface area contributed by atoms with Gasteiger partial charge in [-0.05, 0) is 49.2 Å². The molecular formula is C18H19ClN2O3. The number of aryl methyl sites for hydroxylation is 1. The predicted octanol–water partition coefficient (Wildman–Crippen LogP) is 3.13. The van der Waals surface area contributed by atoms with Gasteiger partial charge in [0.05, 0.1) is 6.61 Å². The summed E-state index contributed by atoms with van der Waals surface area (Å²) in [5, 5.41) is 0.628. The molecular weight excluding hydrogens is 328 g/mol. The largest absolute Gasteiger partial charge is 0.494 e. The third-order valence-electron chi connectivity index (χ3n) is 3.32. The second kappa shape index (κ2) is 8.93. The second-order valence-electron chi connectivity index (χ2n) is 5.05. The molecule has 24 heavy (non-hydrogen) atoms. The fourth-order valence-electron chi connectivity index (χ4n) is 2.08. The zero-order chi connectivity index (χ0) is 17.4. The molecule has 0 radical (unpaired) electrons. The third kappa shape index (κ3) is 5.28. The van der Waals surface area contributed by atoms with Crippen LogP contribution in [0.1, 0.15) is 29.3 Å². The summed E-state index contributed by atoms with van der Waals surface area (Å²) in [6.07, 6.45) is 0.734. The Bertz CT molecular complexity index is 702. The quantitative estimate of drug-likeness (QED) is 0.790. The molecule has 0 aliphatic heterocycles. The van der Waals surface area contributed by atoms with Crippen LogP contribution in [0.15, 0.2) is 48.5 Å². The van der Waals surface area contributed by atoms with Crippen molar-refractivity contribution in [2.45, 2.75) is 19.8 Å². The van der Waals surface area contributed by atoms with E-state index in [4.69, 9.17) is 16.3 Å². The predicted molar refractivity (Wildman–Crippen MR) is 93.0 cm³/mol. The number of amides is 2. The molecule has 0 aromatic heterocycles. The minimum absolute atomic E-state index is 0.229. The Morgan fingerprint density at radius 3 is 2.42 bits per heavy atom. The van der Waals surface area contributed by atoms with Gasteiger partial charge >= 0.3 is 0 Å². The van der Waals surface area contributed by atoms with E-state index in [0.29, 0.717) is 29.4 Å². The summed E-state index contributed by atoms with van der Waals surface area (Å²) < 4.78 is 5.31. The molecule has 0 saturated carbocycles. The van der Waals surface area contributed by atoms with Gasteiger partial charge in [-0.25, -0.2) is 0 Å². The first-order valence-corrected chi connectivity index (χ1v) is 8.03. The fourth-order valence-corrected chi connectivity index (χ4v) is 2.31. The highest BCUT2D eigenvalue weighted by Crippen LogP contribution is 2.16. The van der Waals surface area contributed by atoms with Crippen LogP contribution in [0, 0.1) is 0 Å². The topological polar surface area (TPSA) is 67.4 Å². The van der Waals surface area contributed by atoms with Crippen LogP contribution in [-0.2, 0) is 11.2 Å². The van der Waals surface area contributed by atoms with E-state index < -0.39 is 0 Å². The maximum absolute atomic E-state index is 12.0. The van der Waals surface area contributed by atoms with Crippen molar-refractivity contribution in [2.24, 2.45) is 0 Å². The average molecular weight is 347 g/mol. The first-order valence-electron chi connectivity index (χ1n) is 7.65. The molecule has 6 heteroatoms. The number of carbonyl (C=O) groups is 2. The zero-order valence-corrected chi connectivity index (χ0v) is 14.1. The van der Waals surface area contributed by atoms with Crippen LogP contribution in [0.2, 0.25) is 5.02 Å². The van der Waals surface area contributed by atoms with Gasteiger partial charge in [0.1, 0.15) is 5.75 Å². The second-order valence-corrected chi connectivity index (χ2v) is 5.46. The minimum atomic E-state index is -0.385. The first kappa shape index (κ1) is 17.8. The molecule has 0 aliphatic rings. The molecule has 2 amide bonds. The van der Waals surface area contributed by atoms with Crippen LogP contribution < -0.4 is 15.6 Å². The van der Waals surface area contributed by atoms with E-state index in [1.807, 2.05) is 25.1 Å². The zero-order valence-electron chi connectivity index (χ0n) is 13.3. The number of hydrogen-bond acceptors (Lipinski definition) is 3. The summed E-state index contributed by atoms with van der Waals surface area (Å²) in [5.41, 5.74) is 6.12. The van der Waals surface area contributed by atoms with Crippen molar-refractivity contribution >= 4 is 23.4 Å². The Labute approximate surface area is 145 Å². The molecule has 0 heterocycles. The molecule has 0 bridgehead atoms. The van der Waals surface area contributed by atoms with Crippen LogP contribution >= 0.6 is 11.6 Å². The van der Waals surface area contributed by atoms with Gasteiger partial charge in [0.25, 0.3) is 5.91 Å². The van der Waals surface area contributed by atoms with E-state index >= 15 is 0 Å². The number of hydrazine groups is 1. The number of nitrogens with one attached hydrogen (secondary N) is 2. The van der Waals surface area contributed by atoms with Gasteiger partial charge in [-0.1, -0.05) is 29.8 Å². The van der Waals surface area contributed by atoms with E-state index in [0.717, 1.165) is 5.56 Å². The minimum Gasteiger partial charge on any atom is -0.494 e. The number of hydrogen-bond donors (Lipinski definition) is 2. The van der Waals surface area contributed by atoms with Crippen molar-refractivity contribution in [1.29, 1.82) is 0 Å². The number of benzene rings is 2. The highest BCUT2D eigenvalue weighted by molar-refractivity contribution is 6.31. The SMILES string of the molecule is CCOc1ccc(C(=O)NNC(=O)CCc2ccccc2Cl)cc1. The Hall–Kier alpha value is -2.53. The Kier molecular flexibility index (Phi) is 6.63. The van der Waals surface area contributed by atoms with E-state index in [1.165, 1.54) is 0 Å². The van der Waals surface area contributed by atoms with Gasteiger partial charge in [-0.15, -0.1) is 0 Å². The Morgan fingerprint density at radius 1 is 1.04 bits per heavy atom. The summed E-state index contributed by atoms with van der Waals surface area (Å²) >= 11 is 6.04. The lowest BCUT2D eigenvalue weighted by atomic mass is 10.1. The van der Waals surface area contributed by atoms with Crippen LogP contribution in [0.25, 0.3) is 0 Å². The molecule has 2 aromatic rings. The van der Waals surface area contributed by atoms with Crippen LogP contribution in [0.5, 0.6) is 5.75 Å². The Morgan fingerprint density at radius 2 is 1.75 bits per heavy atom. The number of halogens is 1. The first-order chi connectivity index (χ1) is 11.6. The summed E-state index contributed by atoms with van der Waals surface area (Å²) in [6.45, 7) is 2.45. The van der Waals surface area contributed by atoms with E-state index in [-0.39, 0.29) is 18.2 Å². The molecule has 5 nitrogen and oxygen atoms in total. The van der Waals surface area contributed by atoms with Gasteiger partial charge in [0, 0.05) is 17.0 Å². The summed E-state index contributed by atoms with van der Waals surface area (Å²) in [7, 11) is 0. The average Bonchev–Trinajstić information content (AvgIpc) is 2.60. The monoisotopic (exact) mass is 346 g/mol. The summed E-state index contributed by atoms with van der Waals surface area (Å²) in [6, 6.07) is 14.0. The lowest BCUT2D eigenvalue weighted by molar-refractivity contribution is -0.121. The lowest BCUT2D eigenvalue weighted by Gasteiger charge is -2.09. The Balaban J connectivity index is 1.78. The molecule has 0 aliphatic carbocycles. The highest BCUT2D eigenvalue weighted by atomic mass is 35.5. The van der Waals surface area contributed by atoms with E-state index in [1.54, 1.807) is 30.3 Å². The summed E-state index contributed by atoms with van der Waals surface area (Å²) in [5.74, 6) is 0.0242. The van der Waals surface area contributed by atoms with Crippen LogP contribution in [-0.4, -0.2) is 18.4 Å². The van der Waals surface area contributed by atoms with E-state index in [2.05, 4.69) is 10.9 Å². The maximum atomic E-state index is 12.0. The van der Waals surface area contributed by atoms with Crippen LogP contribution in [0.4, 0.5) is 0 Å². The van der Waals surface area contributed by atoms with Gasteiger partial charge in [-0.3, -0.25) is 20.4 Å².